The lowest BCUT2D eigenvalue weighted by molar-refractivity contribution is -0.144. The number of esters is 1. The Balaban J connectivity index is 2.48. The van der Waals surface area contributed by atoms with Crippen molar-refractivity contribution in [1.82, 2.24) is 15.5 Å². The minimum absolute atomic E-state index is 0.00716. The first-order valence-electron chi connectivity index (χ1n) is 14.4. The topological polar surface area (TPSA) is 134 Å². The number of hydrogen-bond donors (Lipinski definition) is 3. The average Bonchev–Trinajstić information content (AvgIpc) is 2.91. The van der Waals surface area contributed by atoms with Crippen molar-refractivity contribution in [3.63, 3.8) is 0 Å². The number of hydrogen-bond acceptors (Lipinski definition) is 7. The SMILES string of the molecule is CCCCN(C(=O)C(Cc1ccc(O)cc1)NC(=O)OC(C)(C)C)C(C(=O)NCCC(=O)OCC)c1ccc(C)cc1. The Bertz CT molecular complexity index is 1170. The zero-order chi connectivity index (χ0) is 31.3. The average molecular weight is 584 g/mol. The summed E-state index contributed by atoms with van der Waals surface area (Å²) in [6.07, 6.45) is 0.708. The van der Waals surface area contributed by atoms with Crippen molar-refractivity contribution in [1.29, 1.82) is 0 Å². The number of phenols is 1. The fourth-order valence-electron chi connectivity index (χ4n) is 4.25. The summed E-state index contributed by atoms with van der Waals surface area (Å²) in [6.45, 7) is 11.3. The minimum Gasteiger partial charge on any atom is -0.508 e. The second-order valence-corrected chi connectivity index (χ2v) is 11.1. The van der Waals surface area contributed by atoms with Crippen molar-refractivity contribution in [2.24, 2.45) is 0 Å². The van der Waals surface area contributed by atoms with Crippen molar-refractivity contribution in [2.45, 2.75) is 84.9 Å². The lowest BCUT2D eigenvalue weighted by atomic mass is 9.99. The minimum atomic E-state index is -1.07. The Morgan fingerprint density at radius 2 is 1.62 bits per heavy atom. The Labute approximate surface area is 248 Å². The zero-order valence-electron chi connectivity index (χ0n) is 25.6. The van der Waals surface area contributed by atoms with Crippen molar-refractivity contribution < 1.29 is 33.8 Å². The van der Waals surface area contributed by atoms with Crippen molar-refractivity contribution >= 4 is 23.9 Å². The summed E-state index contributed by atoms with van der Waals surface area (Å²) in [6, 6.07) is 11.6. The Hall–Kier alpha value is -4.08. The molecule has 2 rings (SSSR count). The highest BCUT2D eigenvalue weighted by Crippen LogP contribution is 2.25. The maximum absolute atomic E-state index is 14.3. The van der Waals surface area contributed by atoms with Crippen LogP contribution in [0.1, 0.15) is 76.6 Å². The van der Waals surface area contributed by atoms with E-state index in [2.05, 4.69) is 10.6 Å². The van der Waals surface area contributed by atoms with Crippen molar-refractivity contribution in [3.05, 3.63) is 65.2 Å². The molecule has 0 spiro atoms. The number of aromatic hydroxyl groups is 1. The highest BCUT2D eigenvalue weighted by atomic mass is 16.6. The first kappa shape index (κ1) is 34.1. The Kier molecular flexibility index (Phi) is 13.3. The van der Waals surface area contributed by atoms with Gasteiger partial charge in [-0.05, 0) is 64.3 Å². The molecule has 0 fully saturated rings. The molecule has 0 bridgehead atoms. The van der Waals surface area contributed by atoms with E-state index in [4.69, 9.17) is 9.47 Å². The zero-order valence-corrected chi connectivity index (χ0v) is 25.6. The lowest BCUT2D eigenvalue weighted by Gasteiger charge is -2.34. The van der Waals surface area contributed by atoms with Crippen LogP contribution in [0.2, 0.25) is 0 Å². The molecule has 10 heteroatoms. The van der Waals surface area contributed by atoms with E-state index in [0.29, 0.717) is 17.5 Å². The fraction of sp³-hybridized carbons (Fsp3) is 0.500. The van der Waals surface area contributed by atoms with E-state index in [1.165, 1.54) is 17.0 Å². The molecular weight excluding hydrogens is 538 g/mol. The first-order chi connectivity index (χ1) is 19.8. The van der Waals surface area contributed by atoms with E-state index < -0.39 is 41.6 Å². The van der Waals surface area contributed by atoms with E-state index in [1.54, 1.807) is 52.0 Å². The number of unbranched alkanes of at least 4 members (excludes halogenated alkanes) is 1. The Morgan fingerprint density at radius 3 is 2.19 bits per heavy atom. The monoisotopic (exact) mass is 583 g/mol. The second-order valence-electron chi connectivity index (χ2n) is 11.1. The molecule has 3 N–H and O–H groups in total. The molecule has 2 unspecified atom stereocenters. The van der Waals surface area contributed by atoms with Crippen LogP contribution in [0.3, 0.4) is 0 Å². The maximum atomic E-state index is 14.3. The van der Waals surface area contributed by atoms with Crippen LogP contribution in [0.25, 0.3) is 0 Å². The summed E-state index contributed by atoms with van der Waals surface area (Å²) < 4.78 is 10.4. The Morgan fingerprint density at radius 1 is 0.976 bits per heavy atom. The van der Waals surface area contributed by atoms with Crippen LogP contribution in [0.5, 0.6) is 5.75 Å². The van der Waals surface area contributed by atoms with Gasteiger partial charge in [-0.25, -0.2) is 4.79 Å². The van der Waals surface area contributed by atoms with Gasteiger partial charge in [0.1, 0.15) is 23.4 Å². The highest BCUT2D eigenvalue weighted by molar-refractivity contribution is 5.92. The van der Waals surface area contributed by atoms with E-state index >= 15 is 0 Å². The predicted molar refractivity (Wildman–Crippen MR) is 160 cm³/mol. The van der Waals surface area contributed by atoms with Crippen LogP contribution in [0.15, 0.2) is 48.5 Å². The molecule has 0 saturated heterocycles. The fourth-order valence-corrected chi connectivity index (χ4v) is 4.25. The molecular formula is C32H45N3O7. The number of carbonyl (C=O) groups is 4. The van der Waals surface area contributed by atoms with Gasteiger partial charge in [-0.3, -0.25) is 14.4 Å². The van der Waals surface area contributed by atoms with Crippen LogP contribution in [-0.4, -0.2) is 65.2 Å². The van der Waals surface area contributed by atoms with E-state index in [9.17, 15) is 24.3 Å². The second kappa shape index (κ2) is 16.4. The molecule has 230 valence electrons. The van der Waals surface area contributed by atoms with E-state index in [1.807, 2.05) is 26.0 Å². The van der Waals surface area contributed by atoms with Crippen LogP contribution in [-0.2, 0) is 30.3 Å². The molecule has 42 heavy (non-hydrogen) atoms. The number of alkyl carbamates (subject to hydrolysis) is 1. The van der Waals surface area contributed by atoms with Crippen LogP contribution in [0, 0.1) is 6.92 Å². The number of nitrogens with one attached hydrogen (secondary N) is 2. The number of amides is 3. The number of phenolic OH excluding ortho intramolecular Hbond substituents is 1. The third-order valence-corrected chi connectivity index (χ3v) is 6.29. The molecule has 0 saturated carbocycles. The molecule has 0 radical (unpaired) electrons. The molecule has 0 aliphatic rings. The summed E-state index contributed by atoms with van der Waals surface area (Å²) in [5.41, 5.74) is 1.49. The first-order valence-corrected chi connectivity index (χ1v) is 14.4. The standard InChI is InChI=1S/C32H45N3O7/c1-7-9-20-35(28(24-14-10-22(3)11-15-24)29(38)33-19-18-27(37)41-8-2)30(39)26(34-31(40)42-32(4,5)6)21-23-12-16-25(36)17-13-23/h10-17,26,28,36H,7-9,18-21H2,1-6H3,(H,33,38)(H,34,40). The normalized spacial score (nSPS) is 12.5. The van der Waals surface area contributed by atoms with Crippen molar-refractivity contribution in [3.8, 4) is 5.75 Å². The van der Waals surface area contributed by atoms with Gasteiger partial charge in [-0.2, -0.15) is 0 Å². The number of aryl methyl sites for hydroxylation is 1. The van der Waals surface area contributed by atoms with Gasteiger partial charge in [-0.15, -0.1) is 0 Å². The van der Waals surface area contributed by atoms with Crippen LogP contribution < -0.4 is 10.6 Å². The maximum Gasteiger partial charge on any atom is 0.408 e. The highest BCUT2D eigenvalue weighted by Gasteiger charge is 2.36. The summed E-state index contributed by atoms with van der Waals surface area (Å²) in [7, 11) is 0. The molecule has 0 aliphatic heterocycles. The summed E-state index contributed by atoms with van der Waals surface area (Å²) in [5, 5.41) is 15.2. The molecule has 10 nitrogen and oxygen atoms in total. The van der Waals surface area contributed by atoms with E-state index in [-0.39, 0.29) is 38.3 Å². The third-order valence-electron chi connectivity index (χ3n) is 6.29. The number of nitrogens with zero attached hydrogens (tertiary/aromatic N) is 1. The third kappa shape index (κ3) is 11.4. The smallest absolute Gasteiger partial charge is 0.408 e. The summed E-state index contributed by atoms with van der Waals surface area (Å²) >= 11 is 0. The molecule has 2 aromatic carbocycles. The number of rotatable bonds is 14. The van der Waals surface area contributed by atoms with Gasteiger partial charge in [0.05, 0.1) is 13.0 Å². The van der Waals surface area contributed by atoms with Gasteiger partial charge in [0, 0.05) is 19.5 Å². The number of ether oxygens (including phenoxy) is 2. The molecule has 2 atom stereocenters. The van der Waals surface area contributed by atoms with Crippen molar-refractivity contribution in [2.75, 3.05) is 19.7 Å². The lowest BCUT2D eigenvalue weighted by Crippen LogP contribution is -2.54. The molecule has 0 aliphatic carbocycles. The molecule has 0 heterocycles. The van der Waals surface area contributed by atoms with Gasteiger partial charge in [0.25, 0.3) is 0 Å². The molecule has 2 aromatic rings. The number of carbonyl (C=O) groups excluding carboxylic acids is 4. The van der Waals surface area contributed by atoms with Gasteiger partial charge >= 0.3 is 12.1 Å². The summed E-state index contributed by atoms with van der Waals surface area (Å²) in [5.74, 6) is -1.27. The molecule has 0 aromatic heterocycles. The predicted octanol–water partition coefficient (Wildman–Crippen LogP) is 4.58. The quantitative estimate of drug-likeness (QED) is 0.277. The van der Waals surface area contributed by atoms with Gasteiger partial charge in [-0.1, -0.05) is 55.3 Å². The van der Waals surface area contributed by atoms with Crippen LogP contribution in [0.4, 0.5) is 4.79 Å². The van der Waals surface area contributed by atoms with E-state index in [0.717, 1.165) is 12.0 Å². The van der Waals surface area contributed by atoms with Crippen LogP contribution >= 0.6 is 0 Å². The van der Waals surface area contributed by atoms with Gasteiger partial charge in [0.15, 0.2) is 0 Å². The largest absolute Gasteiger partial charge is 0.508 e. The summed E-state index contributed by atoms with van der Waals surface area (Å²) in [4.78, 5) is 54.2. The van der Waals surface area contributed by atoms with Gasteiger partial charge < -0.3 is 30.1 Å². The number of benzene rings is 2. The molecule has 3 amide bonds. The van der Waals surface area contributed by atoms with Gasteiger partial charge in [0.2, 0.25) is 11.8 Å².